The molecule has 3 aromatic rings. The van der Waals surface area contributed by atoms with E-state index in [0.717, 1.165) is 22.3 Å². The smallest absolute Gasteiger partial charge is 0.407 e. The summed E-state index contributed by atoms with van der Waals surface area (Å²) < 4.78 is 16.7. The number of amides is 1. The summed E-state index contributed by atoms with van der Waals surface area (Å²) in [5, 5.41) is 12.1. The summed E-state index contributed by atoms with van der Waals surface area (Å²) in [6.07, 6.45) is -0.956. The zero-order chi connectivity index (χ0) is 22.8. The molecule has 1 heterocycles. The second-order valence-corrected chi connectivity index (χ2v) is 8.02. The minimum absolute atomic E-state index is 0.0737. The Kier molecular flexibility index (Phi) is 5.60. The van der Waals surface area contributed by atoms with Crippen molar-refractivity contribution >= 4 is 12.1 Å². The van der Waals surface area contributed by atoms with Crippen molar-refractivity contribution in [3.63, 3.8) is 0 Å². The molecule has 5 rings (SSSR count). The van der Waals surface area contributed by atoms with Gasteiger partial charge in [-0.15, -0.1) is 0 Å². The summed E-state index contributed by atoms with van der Waals surface area (Å²) in [4.78, 5) is 24.1. The van der Waals surface area contributed by atoms with Gasteiger partial charge in [-0.25, -0.2) is 4.79 Å². The zero-order valence-corrected chi connectivity index (χ0v) is 17.8. The highest BCUT2D eigenvalue weighted by Crippen LogP contribution is 2.44. The van der Waals surface area contributed by atoms with Gasteiger partial charge < -0.3 is 24.6 Å². The van der Waals surface area contributed by atoms with Gasteiger partial charge in [-0.2, -0.15) is 0 Å². The van der Waals surface area contributed by atoms with E-state index in [0.29, 0.717) is 30.3 Å². The number of hydrogen-bond acceptors (Lipinski definition) is 5. The van der Waals surface area contributed by atoms with Gasteiger partial charge in [0, 0.05) is 5.92 Å². The van der Waals surface area contributed by atoms with E-state index in [9.17, 15) is 14.7 Å². The van der Waals surface area contributed by atoms with E-state index in [2.05, 4.69) is 17.4 Å². The number of nitrogens with one attached hydrogen (secondary N) is 1. The van der Waals surface area contributed by atoms with E-state index in [1.807, 2.05) is 36.4 Å². The molecule has 2 aliphatic rings. The average molecular weight is 445 g/mol. The molecule has 0 saturated carbocycles. The average Bonchev–Trinajstić information content (AvgIpc) is 3.15. The molecule has 1 aliphatic carbocycles. The lowest BCUT2D eigenvalue weighted by Crippen LogP contribution is -2.31. The Hall–Kier alpha value is -4.00. The van der Waals surface area contributed by atoms with E-state index < -0.39 is 18.1 Å². The molecule has 1 amide bonds. The van der Waals surface area contributed by atoms with Crippen molar-refractivity contribution in [2.75, 3.05) is 19.8 Å². The van der Waals surface area contributed by atoms with Gasteiger partial charge in [0.25, 0.3) is 0 Å². The lowest BCUT2D eigenvalue weighted by molar-refractivity contribution is -0.137. The molecule has 1 aliphatic heterocycles. The van der Waals surface area contributed by atoms with Gasteiger partial charge in [-0.1, -0.05) is 54.6 Å². The Morgan fingerprint density at radius 1 is 0.939 bits per heavy atom. The van der Waals surface area contributed by atoms with Gasteiger partial charge in [0.2, 0.25) is 0 Å². The summed E-state index contributed by atoms with van der Waals surface area (Å²) in [6, 6.07) is 20.5. The minimum atomic E-state index is -1.03. The minimum Gasteiger partial charge on any atom is -0.486 e. The molecule has 1 atom stereocenters. The summed E-state index contributed by atoms with van der Waals surface area (Å²) >= 11 is 0. The van der Waals surface area contributed by atoms with Crippen molar-refractivity contribution in [3.8, 4) is 22.6 Å². The molecule has 0 aromatic heterocycles. The number of carbonyl (C=O) groups excluding carboxylic acids is 1. The fourth-order valence-electron chi connectivity index (χ4n) is 4.49. The van der Waals surface area contributed by atoms with E-state index in [-0.39, 0.29) is 18.9 Å². The van der Waals surface area contributed by atoms with Crippen LogP contribution in [0.3, 0.4) is 0 Å². The second-order valence-electron chi connectivity index (χ2n) is 8.02. The number of benzene rings is 3. The molecule has 2 N–H and O–H groups in total. The molecule has 7 nitrogen and oxygen atoms in total. The Morgan fingerprint density at radius 2 is 1.58 bits per heavy atom. The van der Waals surface area contributed by atoms with Crippen LogP contribution in [0.1, 0.15) is 35.1 Å². The van der Waals surface area contributed by atoms with E-state index >= 15 is 0 Å². The third-order valence-corrected chi connectivity index (χ3v) is 5.98. The Balaban J connectivity index is 1.31. The molecule has 0 saturated heterocycles. The molecule has 0 spiro atoms. The first kappa shape index (κ1) is 20.9. The maximum absolute atomic E-state index is 12.7. The first-order chi connectivity index (χ1) is 16.1. The van der Waals surface area contributed by atoms with Crippen LogP contribution in [0.4, 0.5) is 4.79 Å². The molecule has 0 unspecified atom stereocenters. The monoisotopic (exact) mass is 445 g/mol. The van der Waals surface area contributed by atoms with E-state index in [4.69, 9.17) is 14.2 Å². The molecule has 7 heteroatoms. The van der Waals surface area contributed by atoms with Crippen LogP contribution >= 0.6 is 0 Å². The number of rotatable bonds is 6. The lowest BCUT2D eigenvalue weighted by Gasteiger charge is -2.22. The number of alkyl carbamates (subject to hydrolysis) is 1. The lowest BCUT2D eigenvalue weighted by atomic mass is 9.98. The molecule has 0 bridgehead atoms. The van der Waals surface area contributed by atoms with Gasteiger partial charge >= 0.3 is 12.1 Å². The van der Waals surface area contributed by atoms with Crippen molar-refractivity contribution in [2.24, 2.45) is 0 Å². The highest BCUT2D eigenvalue weighted by Gasteiger charge is 2.29. The number of carbonyl (C=O) groups is 2. The summed E-state index contributed by atoms with van der Waals surface area (Å²) in [5.74, 6) is 0.0212. The van der Waals surface area contributed by atoms with Crippen LogP contribution < -0.4 is 14.8 Å². The fraction of sp³-hybridized carbons (Fsp3) is 0.231. The van der Waals surface area contributed by atoms with Crippen molar-refractivity contribution in [2.45, 2.75) is 18.4 Å². The van der Waals surface area contributed by atoms with Crippen LogP contribution in [-0.2, 0) is 9.53 Å². The van der Waals surface area contributed by atoms with Crippen LogP contribution in [0.2, 0.25) is 0 Å². The number of ether oxygens (including phenoxy) is 3. The number of aliphatic carboxylic acids is 1. The van der Waals surface area contributed by atoms with Gasteiger partial charge in [-0.3, -0.25) is 4.79 Å². The quantitative estimate of drug-likeness (QED) is 0.580. The maximum Gasteiger partial charge on any atom is 0.407 e. The van der Waals surface area contributed by atoms with E-state index in [1.165, 1.54) is 0 Å². The van der Waals surface area contributed by atoms with Gasteiger partial charge in [0.1, 0.15) is 19.8 Å². The molecule has 0 radical (unpaired) electrons. The topological polar surface area (TPSA) is 94.1 Å². The Morgan fingerprint density at radius 3 is 2.24 bits per heavy atom. The number of hydrogen-bond donors (Lipinski definition) is 2. The van der Waals surface area contributed by atoms with E-state index in [1.54, 1.807) is 18.2 Å². The first-order valence-electron chi connectivity index (χ1n) is 10.8. The fourth-order valence-corrected chi connectivity index (χ4v) is 4.49. The first-order valence-corrected chi connectivity index (χ1v) is 10.8. The molecular formula is C26H23NO6. The van der Waals surface area contributed by atoms with Crippen molar-refractivity contribution < 1.29 is 28.9 Å². The zero-order valence-electron chi connectivity index (χ0n) is 17.8. The molecule has 3 aromatic carbocycles. The molecule has 0 fully saturated rings. The molecule has 168 valence electrons. The van der Waals surface area contributed by atoms with Crippen LogP contribution in [-0.4, -0.2) is 37.0 Å². The van der Waals surface area contributed by atoms with Crippen LogP contribution in [0.15, 0.2) is 66.7 Å². The maximum atomic E-state index is 12.7. The largest absolute Gasteiger partial charge is 0.486 e. The Bertz CT molecular complexity index is 1160. The number of carboxylic acids is 1. The normalized spacial score (nSPS) is 14.7. The SMILES string of the molecule is O=C(O)C[C@H](NC(=O)OCC1c2ccccc2-c2ccccc21)c1ccc2c(c1)OCCO2. The van der Waals surface area contributed by atoms with Crippen LogP contribution in [0.5, 0.6) is 11.5 Å². The number of fused-ring (bicyclic) bond motifs is 4. The van der Waals surface area contributed by atoms with Crippen LogP contribution in [0.25, 0.3) is 11.1 Å². The Labute approximate surface area is 190 Å². The predicted molar refractivity (Wildman–Crippen MR) is 121 cm³/mol. The van der Waals surface area contributed by atoms with Crippen molar-refractivity contribution in [1.82, 2.24) is 5.32 Å². The summed E-state index contributed by atoms with van der Waals surface area (Å²) in [7, 11) is 0. The highest BCUT2D eigenvalue weighted by atomic mass is 16.6. The van der Waals surface area contributed by atoms with Gasteiger partial charge in [0.15, 0.2) is 11.5 Å². The third-order valence-electron chi connectivity index (χ3n) is 5.98. The molecular weight excluding hydrogens is 422 g/mol. The van der Waals surface area contributed by atoms with Crippen molar-refractivity contribution in [1.29, 1.82) is 0 Å². The summed E-state index contributed by atoms with van der Waals surface area (Å²) in [6.45, 7) is 1.03. The van der Waals surface area contributed by atoms with Crippen molar-refractivity contribution in [3.05, 3.63) is 83.4 Å². The van der Waals surface area contributed by atoms with Crippen LogP contribution in [0, 0.1) is 0 Å². The summed E-state index contributed by atoms with van der Waals surface area (Å²) in [5.41, 5.74) is 5.11. The standard InChI is InChI=1S/C26H23NO6/c28-25(29)14-22(16-9-10-23-24(13-16)32-12-11-31-23)27-26(30)33-15-21-19-7-3-1-5-17(19)18-6-2-4-8-20(18)21/h1-10,13,21-22H,11-12,14-15H2,(H,27,30)(H,28,29)/t22-/m0/s1. The second kappa shape index (κ2) is 8.86. The van der Waals surface area contributed by atoms with Gasteiger partial charge in [-0.05, 0) is 39.9 Å². The highest BCUT2D eigenvalue weighted by molar-refractivity contribution is 5.79. The van der Waals surface area contributed by atoms with Gasteiger partial charge in [0.05, 0.1) is 12.5 Å². The third kappa shape index (κ3) is 4.22. The molecule has 33 heavy (non-hydrogen) atoms. The predicted octanol–water partition coefficient (Wildman–Crippen LogP) is 4.51. The number of carboxylic acid groups (broad SMARTS) is 1.